The minimum absolute atomic E-state index is 0.0665. The van der Waals surface area contributed by atoms with Crippen LogP contribution in [0.2, 0.25) is 0 Å². The van der Waals surface area contributed by atoms with Crippen molar-refractivity contribution >= 4 is 27.6 Å². The topological polar surface area (TPSA) is 111 Å². The number of hydrogen-bond donors (Lipinski definition) is 2. The summed E-state index contributed by atoms with van der Waals surface area (Å²) in [7, 11) is 0. The zero-order valence-electron chi connectivity index (χ0n) is 21.8. The number of imidazole rings is 1. The number of benzene rings is 2. The zero-order valence-corrected chi connectivity index (χ0v) is 21.8. The van der Waals surface area contributed by atoms with E-state index in [1.807, 2.05) is 32.2 Å². The fourth-order valence-corrected chi connectivity index (χ4v) is 5.03. The number of aromatic nitrogens is 6. The second kappa shape index (κ2) is 8.42. The summed E-state index contributed by atoms with van der Waals surface area (Å²) in [6.07, 6.45) is 8.89. The number of nitrogens with one attached hydrogen (secondary N) is 1. The van der Waals surface area contributed by atoms with Gasteiger partial charge in [0.25, 0.3) is 0 Å². The summed E-state index contributed by atoms with van der Waals surface area (Å²) in [5.41, 5.74) is 3.99. The molecule has 2 aromatic carbocycles. The van der Waals surface area contributed by atoms with E-state index in [1.165, 1.54) is 0 Å². The van der Waals surface area contributed by atoms with E-state index in [4.69, 9.17) is 14.5 Å². The number of halogens is 1. The van der Waals surface area contributed by atoms with Gasteiger partial charge in [0.2, 0.25) is 0 Å². The Bertz CT molecular complexity index is 1800. The molecule has 4 heterocycles. The van der Waals surface area contributed by atoms with Gasteiger partial charge in [0, 0.05) is 11.8 Å². The lowest BCUT2D eigenvalue weighted by Crippen LogP contribution is -2.16. The van der Waals surface area contributed by atoms with Crippen LogP contribution in [0.25, 0.3) is 38.9 Å². The van der Waals surface area contributed by atoms with Crippen molar-refractivity contribution < 1.29 is 19.0 Å². The van der Waals surface area contributed by atoms with E-state index in [9.17, 15) is 5.11 Å². The third-order valence-corrected chi connectivity index (χ3v) is 7.23. The van der Waals surface area contributed by atoms with Gasteiger partial charge < -0.3 is 19.6 Å². The summed E-state index contributed by atoms with van der Waals surface area (Å²) < 4.78 is 29.4. The van der Waals surface area contributed by atoms with Crippen molar-refractivity contribution in [3.8, 4) is 22.8 Å². The van der Waals surface area contributed by atoms with Crippen molar-refractivity contribution in [3.05, 3.63) is 66.1 Å². The number of hydrogen-bond acceptors (Lipinski definition) is 7. The maximum Gasteiger partial charge on any atom is 0.193 e. The lowest BCUT2D eigenvalue weighted by molar-refractivity contribution is 0.0590. The number of fused-ring (bicyclic) bond motifs is 2. The molecular weight excluding hydrogens is 499 g/mol. The van der Waals surface area contributed by atoms with E-state index < -0.39 is 17.0 Å². The Morgan fingerprint density at radius 3 is 2.69 bits per heavy atom. The number of aromatic amines is 1. The Kier molecular flexibility index (Phi) is 5.17. The maximum atomic E-state index is 15.4. The summed E-state index contributed by atoms with van der Waals surface area (Å²) in [6.45, 7) is 6.55. The Labute approximate surface area is 223 Å². The minimum atomic E-state index is -0.660. The molecule has 9 nitrogen and oxygen atoms in total. The largest absolute Gasteiger partial charge is 0.453 e. The number of aryl methyl sites for hydroxylation is 1. The van der Waals surface area contributed by atoms with Crippen LogP contribution in [0.4, 0.5) is 4.39 Å². The fraction of sp³-hybridized carbons (Fsp3) is 0.310. The number of H-pyrrole nitrogens is 1. The molecular formula is C29H27FN6O3. The first-order valence-electron chi connectivity index (χ1n) is 12.9. The molecule has 2 N–H and O–H groups in total. The summed E-state index contributed by atoms with van der Waals surface area (Å²) in [4.78, 5) is 17.0. The molecule has 198 valence electrons. The lowest BCUT2D eigenvalue weighted by Gasteiger charge is -2.15. The minimum Gasteiger partial charge on any atom is -0.453 e. The monoisotopic (exact) mass is 526 g/mol. The average Bonchev–Trinajstić information content (AvgIpc) is 3.22. The van der Waals surface area contributed by atoms with E-state index in [0.29, 0.717) is 52.5 Å². The van der Waals surface area contributed by atoms with Gasteiger partial charge in [0.1, 0.15) is 22.6 Å². The highest BCUT2D eigenvalue weighted by atomic mass is 19.1. The molecule has 1 saturated carbocycles. The molecule has 1 aliphatic heterocycles. The maximum absolute atomic E-state index is 15.4. The van der Waals surface area contributed by atoms with Crippen molar-refractivity contribution in [2.24, 2.45) is 0 Å². The number of ether oxygens (including phenoxy) is 2. The zero-order chi connectivity index (χ0) is 26.9. The second-order valence-corrected chi connectivity index (χ2v) is 11.0. The summed E-state index contributed by atoms with van der Waals surface area (Å²) >= 11 is 0. The van der Waals surface area contributed by atoms with E-state index in [2.05, 4.69) is 20.1 Å². The van der Waals surface area contributed by atoms with Gasteiger partial charge in [-0.3, -0.25) is 9.67 Å². The summed E-state index contributed by atoms with van der Waals surface area (Å²) in [5, 5.41) is 14.7. The van der Waals surface area contributed by atoms with Gasteiger partial charge in [0.15, 0.2) is 11.6 Å². The molecule has 7 rings (SSSR count). The summed E-state index contributed by atoms with van der Waals surface area (Å²) in [6, 6.07) is 6.94. The van der Waals surface area contributed by atoms with E-state index in [0.717, 1.165) is 24.0 Å². The lowest BCUT2D eigenvalue weighted by atomic mass is 10.00. The van der Waals surface area contributed by atoms with Gasteiger partial charge >= 0.3 is 0 Å². The molecule has 0 atom stereocenters. The predicted molar refractivity (Wildman–Crippen MR) is 144 cm³/mol. The SMILES string of the molecule is Cc1nc2c(F)c(Oc3ccc4ncc(-c5cnn(CC6(O)CC6)c5)nc4c3C3=CC(C)(C)OC3)ccc2[nH]1. The van der Waals surface area contributed by atoms with Crippen molar-refractivity contribution in [3.63, 3.8) is 0 Å². The number of nitrogens with zero attached hydrogens (tertiary/aromatic N) is 5. The first-order chi connectivity index (χ1) is 18.7. The van der Waals surface area contributed by atoms with Gasteiger partial charge in [0.05, 0.1) is 59.0 Å². The molecule has 0 saturated heterocycles. The van der Waals surface area contributed by atoms with Crippen LogP contribution in [0.15, 0.2) is 48.9 Å². The van der Waals surface area contributed by atoms with E-state index in [1.54, 1.807) is 42.2 Å². The fourth-order valence-electron chi connectivity index (χ4n) is 5.03. The van der Waals surface area contributed by atoms with Gasteiger partial charge in [-0.25, -0.2) is 14.4 Å². The highest BCUT2D eigenvalue weighted by Crippen LogP contribution is 2.41. The van der Waals surface area contributed by atoms with Crippen molar-refractivity contribution in [1.82, 2.24) is 29.7 Å². The van der Waals surface area contributed by atoms with Gasteiger partial charge in [-0.2, -0.15) is 5.10 Å². The van der Waals surface area contributed by atoms with Crippen LogP contribution >= 0.6 is 0 Å². The molecule has 0 radical (unpaired) electrons. The quantitative estimate of drug-likeness (QED) is 0.308. The van der Waals surface area contributed by atoms with Gasteiger partial charge in [-0.1, -0.05) is 0 Å². The normalized spacial score (nSPS) is 17.6. The molecule has 3 aromatic heterocycles. The molecule has 0 amide bonds. The van der Waals surface area contributed by atoms with Crippen LogP contribution in [0, 0.1) is 12.7 Å². The van der Waals surface area contributed by atoms with Crippen LogP contribution in [0.1, 0.15) is 38.1 Å². The van der Waals surface area contributed by atoms with Crippen LogP contribution in [-0.4, -0.2) is 52.6 Å². The van der Waals surface area contributed by atoms with Crippen LogP contribution < -0.4 is 4.74 Å². The Morgan fingerprint density at radius 2 is 1.92 bits per heavy atom. The third kappa shape index (κ3) is 4.35. The molecule has 10 heteroatoms. The van der Waals surface area contributed by atoms with Crippen molar-refractivity contribution in [1.29, 1.82) is 0 Å². The van der Waals surface area contributed by atoms with Crippen LogP contribution in [0.5, 0.6) is 11.5 Å². The molecule has 1 fully saturated rings. The summed E-state index contributed by atoms with van der Waals surface area (Å²) in [5.74, 6) is 0.597. The third-order valence-electron chi connectivity index (χ3n) is 7.23. The first-order valence-corrected chi connectivity index (χ1v) is 12.9. The molecule has 5 aromatic rings. The Balaban J connectivity index is 1.35. The molecule has 0 spiro atoms. The highest BCUT2D eigenvalue weighted by molar-refractivity contribution is 5.94. The van der Waals surface area contributed by atoms with Crippen LogP contribution in [-0.2, 0) is 11.3 Å². The molecule has 1 aliphatic carbocycles. The predicted octanol–water partition coefficient (Wildman–Crippen LogP) is 5.33. The standard InChI is InChI=1S/C29H27FN6O3/c1-16-33-20-5-7-23(25(30)27(20)34-16)39-22-6-4-19-26(24(22)17-10-28(2,3)38-14-17)35-21(12-31-19)18-11-32-36(13-18)15-29(37)8-9-29/h4-7,10-13,37H,8-9,14-15H2,1-3H3,(H,33,34). The van der Waals surface area contributed by atoms with Crippen molar-refractivity contribution in [2.75, 3.05) is 6.61 Å². The number of rotatable bonds is 6. The molecule has 0 unspecified atom stereocenters. The number of aliphatic hydroxyl groups is 1. The van der Waals surface area contributed by atoms with E-state index in [-0.39, 0.29) is 11.3 Å². The molecule has 39 heavy (non-hydrogen) atoms. The smallest absolute Gasteiger partial charge is 0.193 e. The Morgan fingerprint density at radius 1 is 1.10 bits per heavy atom. The van der Waals surface area contributed by atoms with Gasteiger partial charge in [-0.15, -0.1) is 0 Å². The second-order valence-electron chi connectivity index (χ2n) is 11.0. The average molecular weight is 527 g/mol. The van der Waals surface area contributed by atoms with E-state index >= 15 is 4.39 Å². The van der Waals surface area contributed by atoms with Crippen molar-refractivity contribution in [2.45, 2.75) is 51.4 Å². The van der Waals surface area contributed by atoms with Gasteiger partial charge in [-0.05, 0) is 69.5 Å². The molecule has 2 aliphatic rings. The molecule has 0 bridgehead atoms. The highest BCUT2D eigenvalue weighted by Gasteiger charge is 2.41. The van der Waals surface area contributed by atoms with Crippen LogP contribution in [0.3, 0.4) is 0 Å². The Hall–Kier alpha value is -4.15. The first kappa shape index (κ1) is 23.9.